The number of piperidine rings is 1. The number of likely N-dealkylation sites (tertiary alicyclic amines) is 1. The van der Waals surface area contributed by atoms with Crippen molar-refractivity contribution in [1.82, 2.24) is 15.4 Å². The molecule has 1 N–H and O–H groups in total. The molecule has 2 atom stereocenters. The molecule has 1 aromatic heterocycles. The Morgan fingerprint density at radius 1 is 1.62 bits per heavy atom. The Labute approximate surface area is 93.8 Å². The van der Waals surface area contributed by atoms with Gasteiger partial charge in [-0.1, -0.05) is 5.16 Å². The van der Waals surface area contributed by atoms with Crippen molar-refractivity contribution in [1.29, 1.82) is 0 Å². The van der Waals surface area contributed by atoms with Crippen LogP contribution in [0.25, 0.3) is 0 Å². The maximum Gasteiger partial charge on any atom is 0.259 e. The number of nitrogens with one attached hydrogen (secondary N) is 1. The van der Waals surface area contributed by atoms with Crippen molar-refractivity contribution in [2.75, 3.05) is 19.6 Å². The maximum atomic E-state index is 12.3. The molecule has 0 aromatic carbocycles. The fourth-order valence-corrected chi connectivity index (χ4v) is 2.72. The van der Waals surface area contributed by atoms with Crippen molar-refractivity contribution in [3.63, 3.8) is 0 Å². The van der Waals surface area contributed by atoms with E-state index in [-0.39, 0.29) is 5.91 Å². The Bertz CT molecular complexity index is 415. The quantitative estimate of drug-likeness (QED) is 0.746. The molecule has 1 aromatic rings. The van der Waals surface area contributed by atoms with E-state index in [2.05, 4.69) is 10.5 Å². The third-order valence-corrected chi connectivity index (χ3v) is 3.56. The number of rotatable bonds is 1. The summed E-state index contributed by atoms with van der Waals surface area (Å²) in [6, 6.07) is 0.348. The fourth-order valence-electron chi connectivity index (χ4n) is 2.72. The van der Waals surface area contributed by atoms with Crippen LogP contribution >= 0.6 is 0 Å². The van der Waals surface area contributed by atoms with E-state index in [0.717, 1.165) is 26.1 Å². The highest BCUT2D eigenvalue weighted by molar-refractivity contribution is 5.95. The Kier molecular flexibility index (Phi) is 2.21. The first-order valence-electron chi connectivity index (χ1n) is 5.68. The Hall–Kier alpha value is -1.36. The molecule has 2 saturated heterocycles. The summed E-state index contributed by atoms with van der Waals surface area (Å²) < 4.78 is 4.94. The summed E-state index contributed by atoms with van der Waals surface area (Å²) in [6.07, 6.45) is 2.65. The summed E-state index contributed by atoms with van der Waals surface area (Å²) >= 11 is 0. The van der Waals surface area contributed by atoms with Crippen molar-refractivity contribution < 1.29 is 9.32 Å². The highest BCUT2D eigenvalue weighted by atomic mass is 16.5. The summed E-state index contributed by atoms with van der Waals surface area (Å²) in [7, 11) is 0. The zero-order valence-electron chi connectivity index (χ0n) is 9.27. The standard InChI is InChI=1S/C11H15N3O2/c1-7-10(5-13-16-7)11(15)14-6-8-2-9(14)4-12-3-8/h5,8-9,12H,2-4,6H2,1H3. The molecule has 16 heavy (non-hydrogen) atoms. The second-order valence-corrected chi connectivity index (χ2v) is 4.67. The van der Waals surface area contributed by atoms with E-state index < -0.39 is 0 Å². The molecule has 0 spiro atoms. The number of aromatic nitrogens is 1. The molecule has 2 bridgehead atoms. The van der Waals surface area contributed by atoms with Gasteiger partial charge in [0.1, 0.15) is 11.3 Å². The number of amides is 1. The van der Waals surface area contributed by atoms with Gasteiger partial charge in [-0.15, -0.1) is 0 Å². The number of carbonyl (C=O) groups excluding carboxylic acids is 1. The minimum absolute atomic E-state index is 0.0648. The van der Waals surface area contributed by atoms with Gasteiger partial charge < -0.3 is 14.7 Å². The molecule has 5 nitrogen and oxygen atoms in total. The number of nitrogens with zero attached hydrogens (tertiary/aromatic N) is 2. The van der Waals surface area contributed by atoms with Crippen LogP contribution < -0.4 is 5.32 Å². The highest BCUT2D eigenvalue weighted by Gasteiger charge is 2.38. The molecule has 2 aliphatic heterocycles. The van der Waals surface area contributed by atoms with Crippen LogP contribution in [0.4, 0.5) is 0 Å². The Morgan fingerprint density at radius 3 is 3.19 bits per heavy atom. The van der Waals surface area contributed by atoms with Crippen molar-refractivity contribution >= 4 is 5.91 Å². The molecule has 2 unspecified atom stereocenters. The van der Waals surface area contributed by atoms with E-state index in [0.29, 0.717) is 23.3 Å². The zero-order valence-corrected chi connectivity index (χ0v) is 9.27. The molecule has 3 rings (SSSR count). The van der Waals surface area contributed by atoms with E-state index in [1.165, 1.54) is 6.20 Å². The lowest BCUT2D eigenvalue weighted by Crippen LogP contribution is -2.41. The van der Waals surface area contributed by atoms with Crippen LogP contribution in [0.3, 0.4) is 0 Å². The first-order valence-corrected chi connectivity index (χ1v) is 5.68. The van der Waals surface area contributed by atoms with E-state index in [4.69, 9.17) is 4.52 Å². The lowest BCUT2D eigenvalue weighted by atomic mass is 10.0. The summed E-state index contributed by atoms with van der Waals surface area (Å²) in [5.41, 5.74) is 0.604. The molecule has 0 saturated carbocycles. The highest BCUT2D eigenvalue weighted by Crippen LogP contribution is 2.27. The predicted molar refractivity (Wildman–Crippen MR) is 57.0 cm³/mol. The van der Waals surface area contributed by atoms with Crippen LogP contribution in [0.15, 0.2) is 10.7 Å². The van der Waals surface area contributed by atoms with Gasteiger partial charge in [-0.3, -0.25) is 4.79 Å². The van der Waals surface area contributed by atoms with Gasteiger partial charge in [0.25, 0.3) is 5.91 Å². The molecular weight excluding hydrogens is 206 g/mol. The number of fused-ring (bicyclic) bond motifs is 2. The van der Waals surface area contributed by atoms with Crippen LogP contribution in [0.2, 0.25) is 0 Å². The Balaban J connectivity index is 1.83. The monoisotopic (exact) mass is 221 g/mol. The normalized spacial score (nSPS) is 28.4. The first kappa shape index (κ1) is 9.84. The Morgan fingerprint density at radius 2 is 2.50 bits per heavy atom. The smallest absolute Gasteiger partial charge is 0.259 e. The van der Waals surface area contributed by atoms with Crippen LogP contribution in [0.5, 0.6) is 0 Å². The SMILES string of the molecule is Cc1oncc1C(=O)N1CC2CNCC1C2. The van der Waals surface area contributed by atoms with Gasteiger partial charge in [-0.05, 0) is 25.8 Å². The maximum absolute atomic E-state index is 12.3. The van der Waals surface area contributed by atoms with Crippen molar-refractivity contribution in [3.8, 4) is 0 Å². The van der Waals surface area contributed by atoms with E-state index in [9.17, 15) is 4.79 Å². The number of carbonyl (C=O) groups is 1. The molecule has 86 valence electrons. The third kappa shape index (κ3) is 1.43. The third-order valence-electron chi connectivity index (χ3n) is 3.56. The summed E-state index contributed by atoms with van der Waals surface area (Å²) in [4.78, 5) is 14.2. The van der Waals surface area contributed by atoms with Crippen molar-refractivity contribution in [2.24, 2.45) is 5.92 Å². The van der Waals surface area contributed by atoms with Crippen molar-refractivity contribution in [2.45, 2.75) is 19.4 Å². The predicted octanol–water partition coefficient (Wildman–Crippen LogP) is 0.417. The zero-order chi connectivity index (χ0) is 11.1. The first-order chi connectivity index (χ1) is 7.75. The van der Waals surface area contributed by atoms with Gasteiger partial charge in [0.15, 0.2) is 0 Å². The molecule has 2 aliphatic rings. The van der Waals surface area contributed by atoms with E-state index in [1.54, 1.807) is 6.92 Å². The molecule has 1 amide bonds. The van der Waals surface area contributed by atoms with Crippen LogP contribution in [-0.2, 0) is 0 Å². The van der Waals surface area contributed by atoms with Crippen LogP contribution in [-0.4, -0.2) is 41.6 Å². The van der Waals surface area contributed by atoms with Crippen LogP contribution in [0, 0.1) is 12.8 Å². The summed E-state index contributed by atoms with van der Waals surface area (Å²) in [5.74, 6) is 1.29. The van der Waals surface area contributed by atoms with Crippen molar-refractivity contribution in [3.05, 3.63) is 17.5 Å². The van der Waals surface area contributed by atoms with Gasteiger partial charge >= 0.3 is 0 Å². The van der Waals surface area contributed by atoms with Gasteiger partial charge in [0, 0.05) is 19.1 Å². The molecule has 0 aliphatic carbocycles. The lowest BCUT2D eigenvalue weighted by molar-refractivity contribution is 0.0738. The average molecular weight is 221 g/mol. The van der Waals surface area contributed by atoms with Crippen LogP contribution in [0.1, 0.15) is 22.5 Å². The van der Waals surface area contributed by atoms with Gasteiger partial charge in [0.05, 0.1) is 6.20 Å². The second-order valence-electron chi connectivity index (χ2n) is 4.67. The average Bonchev–Trinajstić information content (AvgIpc) is 2.82. The largest absolute Gasteiger partial charge is 0.361 e. The summed E-state index contributed by atoms with van der Waals surface area (Å²) in [5, 5.41) is 7.02. The summed E-state index contributed by atoms with van der Waals surface area (Å²) in [6.45, 7) is 4.58. The number of hydrogen-bond acceptors (Lipinski definition) is 4. The minimum atomic E-state index is 0.0648. The molecular formula is C11H15N3O2. The molecule has 5 heteroatoms. The van der Waals surface area contributed by atoms with Gasteiger partial charge in [-0.25, -0.2) is 0 Å². The van der Waals surface area contributed by atoms with Gasteiger partial charge in [0.2, 0.25) is 0 Å². The fraction of sp³-hybridized carbons (Fsp3) is 0.636. The number of hydrogen-bond donors (Lipinski definition) is 1. The lowest BCUT2D eigenvalue weighted by Gasteiger charge is -2.24. The van der Waals surface area contributed by atoms with E-state index >= 15 is 0 Å². The number of aryl methyl sites for hydroxylation is 1. The topological polar surface area (TPSA) is 58.4 Å². The minimum Gasteiger partial charge on any atom is -0.361 e. The molecule has 0 radical (unpaired) electrons. The molecule has 3 heterocycles. The van der Waals surface area contributed by atoms with E-state index in [1.807, 2.05) is 4.90 Å². The second kappa shape index (κ2) is 3.59. The molecule has 2 fully saturated rings. The van der Waals surface area contributed by atoms with Gasteiger partial charge in [-0.2, -0.15) is 0 Å².